The number of carbonyl (C=O) groups excluding carboxylic acids is 2. The molecule has 2 atom stereocenters. The van der Waals surface area contributed by atoms with E-state index in [2.05, 4.69) is 17.6 Å². The number of rotatable bonds is 3. The van der Waals surface area contributed by atoms with E-state index in [9.17, 15) is 9.59 Å². The molecular weight excluding hydrogens is 228 g/mol. The number of amides is 3. The Kier molecular flexibility index (Phi) is 5.60. The lowest BCUT2D eigenvalue weighted by Gasteiger charge is -2.28. The molecule has 0 aromatic rings. The third-order valence-electron chi connectivity index (χ3n) is 3.07. The van der Waals surface area contributed by atoms with Crippen LogP contribution >= 0.6 is 11.6 Å². The molecule has 0 radical (unpaired) electrons. The summed E-state index contributed by atoms with van der Waals surface area (Å²) in [6.45, 7) is 2.17. The molecule has 0 bridgehead atoms. The van der Waals surface area contributed by atoms with Crippen LogP contribution in [-0.2, 0) is 4.79 Å². The molecule has 2 N–H and O–H groups in total. The lowest BCUT2D eigenvalue weighted by atomic mass is 9.84. The Labute approximate surface area is 101 Å². The number of urea groups is 1. The first-order valence-electron chi connectivity index (χ1n) is 5.82. The summed E-state index contributed by atoms with van der Waals surface area (Å²) >= 11 is 5.29. The van der Waals surface area contributed by atoms with E-state index < -0.39 is 11.9 Å². The van der Waals surface area contributed by atoms with Crippen LogP contribution in [0.1, 0.15) is 39.0 Å². The zero-order chi connectivity index (χ0) is 12.0. The van der Waals surface area contributed by atoms with Crippen LogP contribution in [0.3, 0.4) is 0 Å². The minimum Gasteiger partial charge on any atom is -0.335 e. The summed E-state index contributed by atoms with van der Waals surface area (Å²) in [6, 6.07) is -0.228. The van der Waals surface area contributed by atoms with E-state index in [0.29, 0.717) is 5.92 Å². The fourth-order valence-corrected chi connectivity index (χ4v) is 2.24. The molecule has 1 aliphatic rings. The van der Waals surface area contributed by atoms with Crippen molar-refractivity contribution in [3.05, 3.63) is 0 Å². The number of hydrogen-bond acceptors (Lipinski definition) is 2. The van der Waals surface area contributed by atoms with E-state index in [0.717, 1.165) is 25.7 Å². The van der Waals surface area contributed by atoms with Crippen molar-refractivity contribution < 1.29 is 9.59 Å². The van der Waals surface area contributed by atoms with Crippen LogP contribution in [0.25, 0.3) is 0 Å². The molecule has 3 amide bonds. The van der Waals surface area contributed by atoms with Gasteiger partial charge in [-0.2, -0.15) is 0 Å². The van der Waals surface area contributed by atoms with Gasteiger partial charge in [-0.25, -0.2) is 4.79 Å². The molecule has 0 heterocycles. The highest BCUT2D eigenvalue weighted by Crippen LogP contribution is 2.26. The summed E-state index contributed by atoms with van der Waals surface area (Å²) in [5, 5.41) is 5.01. The largest absolute Gasteiger partial charge is 0.335 e. The van der Waals surface area contributed by atoms with Gasteiger partial charge < -0.3 is 5.32 Å². The fraction of sp³-hybridized carbons (Fsp3) is 0.818. The predicted octanol–water partition coefficient (Wildman–Crippen LogP) is 2.02. The zero-order valence-corrected chi connectivity index (χ0v) is 10.3. The van der Waals surface area contributed by atoms with Gasteiger partial charge in [-0.15, -0.1) is 11.6 Å². The number of nitrogens with one attached hydrogen (secondary N) is 2. The van der Waals surface area contributed by atoms with E-state index in [4.69, 9.17) is 11.6 Å². The van der Waals surface area contributed by atoms with Crippen molar-refractivity contribution in [1.82, 2.24) is 10.6 Å². The van der Waals surface area contributed by atoms with Gasteiger partial charge in [0, 0.05) is 6.04 Å². The Balaban J connectivity index is 2.30. The van der Waals surface area contributed by atoms with Crippen molar-refractivity contribution in [1.29, 1.82) is 0 Å². The molecule has 4 nitrogen and oxygen atoms in total. The average Bonchev–Trinajstić information content (AvgIpc) is 2.28. The summed E-state index contributed by atoms with van der Waals surface area (Å²) in [5.74, 6) is 0.0557. The van der Waals surface area contributed by atoms with Gasteiger partial charge in [0.1, 0.15) is 5.88 Å². The number of hydrogen-bond donors (Lipinski definition) is 2. The fourth-order valence-electron chi connectivity index (χ4n) is 2.17. The van der Waals surface area contributed by atoms with Gasteiger partial charge in [0.05, 0.1) is 0 Å². The molecule has 1 aliphatic carbocycles. The van der Waals surface area contributed by atoms with Crippen LogP contribution in [0, 0.1) is 5.92 Å². The Morgan fingerprint density at radius 1 is 1.38 bits per heavy atom. The van der Waals surface area contributed by atoms with Gasteiger partial charge in [-0.05, 0) is 18.8 Å². The minimum absolute atomic E-state index is 0.185. The van der Waals surface area contributed by atoms with E-state index >= 15 is 0 Å². The Morgan fingerprint density at radius 2 is 2.12 bits per heavy atom. The maximum atomic E-state index is 11.4. The molecule has 16 heavy (non-hydrogen) atoms. The number of alkyl halides is 1. The Morgan fingerprint density at radius 3 is 2.75 bits per heavy atom. The molecular formula is C11H19ClN2O2. The smallest absolute Gasteiger partial charge is 0.321 e. The molecule has 0 aromatic carbocycles. The van der Waals surface area contributed by atoms with Gasteiger partial charge in [0.2, 0.25) is 5.91 Å². The van der Waals surface area contributed by atoms with Gasteiger partial charge in [-0.3, -0.25) is 10.1 Å². The molecule has 92 valence electrons. The highest BCUT2D eigenvalue weighted by Gasteiger charge is 2.22. The van der Waals surface area contributed by atoms with Crippen LogP contribution in [0.2, 0.25) is 0 Å². The third-order valence-corrected chi connectivity index (χ3v) is 3.31. The molecule has 0 saturated heterocycles. The Bertz CT molecular complexity index is 258. The summed E-state index contributed by atoms with van der Waals surface area (Å²) in [7, 11) is 0. The van der Waals surface area contributed by atoms with Crippen molar-refractivity contribution in [2.75, 3.05) is 5.88 Å². The molecule has 5 heteroatoms. The highest BCUT2D eigenvalue weighted by atomic mass is 35.5. The summed E-state index contributed by atoms with van der Waals surface area (Å²) in [6.07, 6.45) is 5.56. The molecule has 2 unspecified atom stereocenters. The highest BCUT2D eigenvalue weighted by molar-refractivity contribution is 6.28. The lowest BCUT2D eigenvalue weighted by molar-refractivity contribution is -0.117. The van der Waals surface area contributed by atoms with Crippen molar-refractivity contribution in [2.45, 2.75) is 45.1 Å². The van der Waals surface area contributed by atoms with Crippen molar-refractivity contribution >= 4 is 23.5 Å². The topological polar surface area (TPSA) is 58.2 Å². The maximum absolute atomic E-state index is 11.4. The number of carbonyl (C=O) groups is 2. The summed E-state index contributed by atoms with van der Waals surface area (Å²) in [4.78, 5) is 22.3. The van der Waals surface area contributed by atoms with E-state index in [1.54, 1.807) is 0 Å². The quantitative estimate of drug-likeness (QED) is 0.749. The van der Waals surface area contributed by atoms with Crippen LogP contribution in [-0.4, -0.2) is 23.9 Å². The number of halogens is 1. The Hall–Kier alpha value is -0.770. The second-order valence-electron chi connectivity index (χ2n) is 4.29. The predicted molar refractivity (Wildman–Crippen MR) is 63.4 cm³/mol. The molecule has 1 saturated carbocycles. The summed E-state index contributed by atoms with van der Waals surface area (Å²) < 4.78 is 0. The lowest BCUT2D eigenvalue weighted by Crippen LogP contribution is -2.46. The van der Waals surface area contributed by atoms with E-state index in [1.165, 1.54) is 6.42 Å². The van der Waals surface area contributed by atoms with Gasteiger partial charge in [0.25, 0.3) is 0 Å². The van der Waals surface area contributed by atoms with E-state index in [1.807, 2.05) is 0 Å². The van der Waals surface area contributed by atoms with Crippen LogP contribution in [0.15, 0.2) is 0 Å². The molecule has 1 fully saturated rings. The van der Waals surface area contributed by atoms with Crippen molar-refractivity contribution in [3.63, 3.8) is 0 Å². The zero-order valence-electron chi connectivity index (χ0n) is 9.59. The normalized spacial score (nSPS) is 24.9. The number of imide groups is 1. The third kappa shape index (κ3) is 4.39. The molecule has 0 aliphatic heterocycles. The first-order chi connectivity index (χ1) is 7.65. The minimum atomic E-state index is -0.456. The summed E-state index contributed by atoms with van der Waals surface area (Å²) in [5.41, 5.74) is 0. The maximum Gasteiger partial charge on any atom is 0.321 e. The molecule has 0 aromatic heterocycles. The van der Waals surface area contributed by atoms with Crippen LogP contribution < -0.4 is 10.6 Å². The average molecular weight is 247 g/mol. The second kappa shape index (κ2) is 6.74. The van der Waals surface area contributed by atoms with Gasteiger partial charge in [-0.1, -0.05) is 26.2 Å². The van der Waals surface area contributed by atoms with Crippen LogP contribution in [0.5, 0.6) is 0 Å². The van der Waals surface area contributed by atoms with E-state index in [-0.39, 0.29) is 11.9 Å². The van der Waals surface area contributed by atoms with Gasteiger partial charge in [0.15, 0.2) is 0 Å². The first kappa shape index (κ1) is 13.3. The first-order valence-corrected chi connectivity index (χ1v) is 6.35. The second-order valence-corrected chi connectivity index (χ2v) is 4.56. The van der Waals surface area contributed by atoms with Crippen LogP contribution in [0.4, 0.5) is 4.79 Å². The van der Waals surface area contributed by atoms with Gasteiger partial charge >= 0.3 is 6.03 Å². The molecule has 1 rings (SSSR count). The standard InChI is InChI=1S/C11H19ClN2O2/c1-2-8-4-3-5-9(6-8)13-11(16)14-10(15)7-12/h8-9H,2-7H2,1H3,(H2,13,14,15,16). The van der Waals surface area contributed by atoms with Crippen molar-refractivity contribution in [2.24, 2.45) is 5.92 Å². The van der Waals surface area contributed by atoms with Crippen molar-refractivity contribution in [3.8, 4) is 0 Å². The molecule has 0 spiro atoms. The SMILES string of the molecule is CCC1CCCC(NC(=O)NC(=O)CCl)C1. The monoisotopic (exact) mass is 246 g/mol.